The number of aromatic nitrogens is 3. The minimum atomic E-state index is -0.307. The monoisotopic (exact) mass is 310 g/mol. The van der Waals surface area contributed by atoms with Crippen LogP contribution in [0.4, 0.5) is 4.39 Å². The van der Waals surface area contributed by atoms with E-state index in [2.05, 4.69) is 41.4 Å². The summed E-state index contributed by atoms with van der Waals surface area (Å²) in [6, 6.07) is 13.6. The van der Waals surface area contributed by atoms with Crippen LogP contribution in [0.5, 0.6) is 0 Å². The highest BCUT2D eigenvalue weighted by molar-refractivity contribution is 5.35. The van der Waals surface area contributed by atoms with Crippen LogP contribution in [-0.2, 0) is 6.54 Å². The normalized spacial score (nSPS) is 12.3. The van der Waals surface area contributed by atoms with Gasteiger partial charge in [-0.05, 0) is 42.7 Å². The highest BCUT2D eigenvalue weighted by Gasteiger charge is 2.09. The third-order valence-electron chi connectivity index (χ3n) is 3.95. The molecule has 23 heavy (non-hydrogen) atoms. The van der Waals surface area contributed by atoms with E-state index in [0.29, 0.717) is 12.2 Å². The number of aryl methyl sites for hydroxylation is 1. The number of halogens is 1. The summed E-state index contributed by atoms with van der Waals surface area (Å²) in [7, 11) is 0. The summed E-state index contributed by atoms with van der Waals surface area (Å²) in [6.07, 6.45) is 2.87. The molecule has 0 fully saturated rings. The van der Waals surface area contributed by atoms with Crippen molar-refractivity contribution in [2.75, 3.05) is 0 Å². The van der Waals surface area contributed by atoms with Crippen LogP contribution < -0.4 is 5.32 Å². The predicted molar refractivity (Wildman–Crippen MR) is 87.8 cm³/mol. The lowest BCUT2D eigenvalue weighted by molar-refractivity contribution is 0.565. The molecular formula is C18H19FN4. The van der Waals surface area contributed by atoms with E-state index in [-0.39, 0.29) is 11.9 Å². The van der Waals surface area contributed by atoms with Gasteiger partial charge in [0.1, 0.15) is 24.2 Å². The SMILES string of the molecule is Cc1ccccc1C(C)NCc1ccc(-n2cncn2)c(F)c1. The van der Waals surface area contributed by atoms with E-state index in [1.54, 1.807) is 6.07 Å². The molecule has 0 aliphatic carbocycles. The topological polar surface area (TPSA) is 42.7 Å². The van der Waals surface area contributed by atoms with Crippen molar-refractivity contribution in [2.24, 2.45) is 0 Å². The minimum Gasteiger partial charge on any atom is -0.306 e. The molecule has 4 nitrogen and oxygen atoms in total. The molecule has 1 heterocycles. The summed E-state index contributed by atoms with van der Waals surface area (Å²) >= 11 is 0. The lowest BCUT2D eigenvalue weighted by Gasteiger charge is -2.17. The van der Waals surface area contributed by atoms with Gasteiger partial charge in [-0.1, -0.05) is 30.3 Å². The Kier molecular flexibility index (Phi) is 4.48. The molecule has 3 aromatic rings. The van der Waals surface area contributed by atoms with Gasteiger partial charge in [-0.3, -0.25) is 0 Å². The molecule has 0 amide bonds. The summed E-state index contributed by atoms with van der Waals surface area (Å²) in [5.74, 6) is -0.307. The van der Waals surface area contributed by atoms with Crippen LogP contribution in [0.1, 0.15) is 29.7 Å². The van der Waals surface area contributed by atoms with Crippen molar-refractivity contribution < 1.29 is 4.39 Å². The Morgan fingerprint density at radius 2 is 2.04 bits per heavy atom. The summed E-state index contributed by atoms with van der Waals surface area (Å²) in [4.78, 5) is 3.84. The van der Waals surface area contributed by atoms with Gasteiger partial charge in [0.15, 0.2) is 0 Å². The third kappa shape index (κ3) is 3.46. The Balaban J connectivity index is 1.69. The number of nitrogens with one attached hydrogen (secondary N) is 1. The molecule has 2 aromatic carbocycles. The molecule has 0 bridgehead atoms. The summed E-state index contributed by atoms with van der Waals surface area (Å²) in [6.45, 7) is 4.81. The lowest BCUT2D eigenvalue weighted by atomic mass is 10.0. The largest absolute Gasteiger partial charge is 0.306 e. The zero-order chi connectivity index (χ0) is 16.2. The predicted octanol–water partition coefficient (Wildman–Crippen LogP) is 3.57. The van der Waals surface area contributed by atoms with Gasteiger partial charge in [0.2, 0.25) is 0 Å². The first-order chi connectivity index (χ1) is 11.1. The summed E-state index contributed by atoms with van der Waals surface area (Å²) < 4.78 is 15.6. The van der Waals surface area contributed by atoms with E-state index in [9.17, 15) is 4.39 Å². The van der Waals surface area contributed by atoms with Gasteiger partial charge in [-0.15, -0.1) is 0 Å². The second kappa shape index (κ2) is 6.71. The highest BCUT2D eigenvalue weighted by Crippen LogP contribution is 2.18. The maximum Gasteiger partial charge on any atom is 0.149 e. The van der Waals surface area contributed by atoms with Crippen LogP contribution in [0, 0.1) is 12.7 Å². The van der Waals surface area contributed by atoms with Crippen molar-refractivity contribution in [1.82, 2.24) is 20.1 Å². The van der Waals surface area contributed by atoms with Crippen molar-refractivity contribution in [3.8, 4) is 5.69 Å². The Morgan fingerprint density at radius 1 is 1.22 bits per heavy atom. The standard InChI is InChI=1S/C18H19FN4/c1-13-5-3-4-6-16(13)14(2)21-10-15-7-8-18(17(19)9-15)23-12-20-11-22-23/h3-9,11-12,14,21H,10H2,1-2H3. The Labute approximate surface area is 135 Å². The molecule has 0 aliphatic heterocycles. The molecule has 1 N–H and O–H groups in total. The van der Waals surface area contributed by atoms with Crippen LogP contribution >= 0.6 is 0 Å². The summed E-state index contributed by atoms with van der Waals surface area (Å²) in [5.41, 5.74) is 3.80. The quantitative estimate of drug-likeness (QED) is 0.783. The molecule has 5 heteroatoms. The fraction of sp³-hybridized carbons (Fsp3) is 0.222. The van der Waals surface area contributed by atoms with E-state index >= 15 is 0 Å². The number of hydrogen-bond acceptors (Lipinski definition) is 3. The first-order valence-corrected chi connectivity index (χ1v) is 7.57. The van der Waals surface area contributed by atoms with Gasteiger partial charge in [-0.25, -0.2) is 14.1 Å². The van der Waals surface area contributed by atoms with E-state index in [4.69, 9.17) is 0 Å². The van der Waals surface area contributed by atoms with E-state index in [1.165, 1.54) is 34.5 Å². The zero-order valence-corrected chi connectivity index (χ0v) is 13.2. The number of hydrogen-bond donors (Lipinski definition) is 1. The molecular weight excluding hydrogens is 291 g/mol. The van der Waals surface area contributed by atoms with Crippen LogP contribution in [0.15, 0.2) is 55.1 Å². The average Bonchev–Trinajstić information content (AvgIpc) is 3.07. The van der Waals surface area contributed by atoms with E-state index in [0.717, 1.165) is 5.56 Å². The molecule has 0 radical (unpaired) electrons. The Morgan fingerprint density at radius 3 is 2.74 bits per heavy atom. The molecule has 0 spiro atoms. The van der Waals surface area contributed by atoms with Gasteiger partial charge in [-0.2, -0.15) is 5.10 Å². The first-order valence-electron chi connectivity index (χ1n) is 7.57. The molecule has 1 atom stereocenters. The lowest BCUT2D eigenvalue weighted by Crippen LogP contribution is -2.19. The molecule has 3 rings (SSSR count). The highest BCUT2D eigenvalue weighted by atomic mass is 19.1. The van der Waals surface area contributed by atoms with Gasteiger partial charge >= 0.3 is 0 Å². The molecule has 118 valence electrons. The van der Waals surface area contributed by atoms with Crippen molar-refractivity contribution in [1.29, 1.82) is 0 Å². The molecule has 0 saturated heterocycles. The van der Waals surface area contributed by atoms with Crippen LogP contribution in [0.2, 0.25) is 0 Å². The van der Waals surface area contributed by atoms with Crippen molar-refractivity contribution in [2.45, 2.75) is 26.4 Å². The second-order valence-electron chi connectivity index (χ2n) is 5.58. The average molecular weight is 310 g/mol. The van der Waals surface area contributed by atoms with Gasteiger partial charge in [0.05, 0.1) is 0 Å². The maximum atomic E-state index is 14.2. The van der Waals surface area contributed by atoms with E-state index < -0.39 is 0 Å². The smallest absolute Gasteiger partial charge is 0.149 e. The second-order valence-corrected chi connectivity index (χ2v) is 5.58. The minimum absolute atomic E-state index is 0.203. The van der Waals surface area contributed by atoms with Crippen molar-refractivity contribution in [3.63, 3.8) is 0 Å². The number of nitrogens with zero attached hydrogens (tertiary/aromatic N) is 3. The Bertz CT molecular complexity index is 783. The van der Waals surface area contributed by atoms with Crippen LogP contribution in [-0.4, -0.2) is 14.8 Å². The van der Waals surface area contributed by atoms with Crippen molar-refractivity contribution >= 4 is 0 Å². The molecule has 1 unspecified atom stereocenters. The number of rotatable bonds is 5. The summed E-state index contributed by atoms with van der Waals surface area (Å²) in [5, 5.41) is 7.39. The fourth-order valence-electron chi connectivity index (χ4n) is 2.63. The third-order valence-corrected chi connectivity index (χ3v) is 3.95. The van der Waals surface area contributed by atoms with Crippen LogP contribution in [0.3, 0.4) is 0 Å². The van der Waals surface area contributed by atoms with E-state index in [1.807, 2.05) is 18.2 Å². The van der Waals surface area contributed by atoms with Gasteiger partial charge < -0.3 is 5.32 Å². The number of benzene rings is 2. The maximum absolute atomic E-state index is 14.2. The molecule has 0 aliphatic rings. The van der Waals surface area contributed by atoms with Crippen LogP contribution in [0.25, 0.3) is 5.69 Å². The van der Waals surface area contributed by atoms with Gasteiger partial charge in [0.25, 0.3) is 0 Å². The zero-order valence-electron chi connectivity index (χ0n) is 13.2. The Hall–Kier alpha value is -2.53. The first kappa shape index (κ1) is 15.4. The molecule has 0 saturated carbocycles. The van der Waals surface area contributed by atoms with Crippen molar-refractivity contribution in [3.05, 3.63) is 77.6 Å². The fourth-order valence-corrected chi connectivity index (χ4v) is 2.63. The molecule has 1 aromatic heterocycles. The van der Waals surface area contributed by atoms with Gasteiger partial charge in [0, 0.05) is 12.6 Å².